The molecule has 0 aromatic heterocycles. The van der Waals surface area contributed by atoms with Crippen LogP contribution in [0, 0.1) is 0 Å². The Hall–Kier alpha value is -3.52. The van der Waals surface area contributed by atoms with E-state index >= 15 is 0 Å². The average molecular weight is 469 g/mol. The molecule has 2 heterocycles. The van der Waals surface area contributed by atoms with Crippen LogP contribution in [-0.2, 0) is 9.59 Å². The fraction of sp³-hybridized carbons (Fsp3) is 0.292. The van der Waals surface area contributed by atoms with Crippen molar-refractivity contribution in [2.75, 3.05) is 37.0 Å². The van der Waals surface area contributed by atoms with Gasteiger partial charge in [-0.1, -0.05) is 11.6 Å². The van der Waals surface area contributed by atoms with Crippen LogP contribution in [0.5, 0.6) is 5.75 Å². The number of benzene rings is 2. The maximum atomic E-state index is 12.8. The highest BCUT2D eigenvalue weighted by Crippen LogP contribution is 2.29. The van der Waals surface area contributed by atoms with E-state index in [1.165, 1.54) is 6.42 Å². The number of hydrogen-bond donors (Lipinski definition) is 2. The minimum atomic E-state index is -0.651. The second kappa shape index (κ2) is 9.95. The number of amides is 4. The number of anilines is 2. The standard InChI is InChI=1S/C24H25ClN4O4/c1-33-21-14-19(28-11-3-2-4-12-28)10-5-16(21)13-20-23(31)29(24(32)27-20)15-22(30)26-18-8-6-17(25)7-9-18/h5-10,13-14H,2-4,11-12,15H2,1H3,(H,26,30)(H,27,32). The van der Waals surface area contributed by atoms with Crippen molar-refractivity contribution in [3.05, 3.63) is 58.7 Å². The van der Waals surface area contributed by atoms with Gasteiger partial charge in [0, 0.05) is 41.1 Å². The minimum absolute atomic E-state index is 0.0864. The van der Waals surface area contributed by atoms with E-state index in [1.807, 2.05) is 18.2 Å². The van der Waals surface area contributed by atoms with E-state index in [-0.39, 0.29) is 5.70 Å². The maximum Gasteiger partial charge on any atom is 0.329 e. The predicted octanol–water partition coefficient (Wildman–Crippen LogP) is 3.87. The Kier molecular flexibility index (Phi) is 6.84. The Balaban J connectivity index is 1.46. The number of halogens is 1. The van der Waals surface area contributed by atoms with Crippen molar-refractivity contribution in [1.82, 2.24) is 10.2 Å². The number of nitrogens with zero attached hydrogens (tertiary/aromatic N) is 2. The van der Waals surface area contributed by atoms with E-state index in [0.29, 0.717) is 22.0 Å². The fourth-order valence-corrected chi connectivity index (χ4v) is 4.04. The summed E-state index contributed by atoms with van der Waals surface area (Å²) in [6.45, 7) is 1.60. The number of carbonyl (C=O) groups is 3. The molecule has 9 heteroatoms. The molecular formula is C24H25ClN4O4. The summed E-state index contributed by atoms with van der Waals surface area (Å²) in [5.41, 5.74) is 2.33. The molecule has 2 N–H and O–H groups in total. The van der Waals surface area contributed by atoms with Gasteiger partial charge in [-0.15, -0.1) is 0 Å². The van der Waals surface area contributed by atoms with E-state index in [0.717, 1.165) is 36.5 Å². The normalized spacial score (nSPS) is 17.3. The van der Waals surface area contributed by atoms with E-state index in [1.54, 1.807) is 37.5 Å². The third kappa shape index (κ3) is 5.28. The first-order chi connectivity index (χ1) is 15.9. The first kappa shape index (κ1) is 22.7. The van der Waals surface area contributed by atoms with Crippen LogP contribution in [-0.4, -0.2) is 49.5 Å². The van der Waals surface area contributed by atoms with Crippen molar-refractivity contribution in [3.63, 3.8) is 0 Å². The quantitative estimate of drug-likeness (QED) is 0.496. The molecule has 0 unspecified atom stereocenters. The molecule has 0 spiro atoms. The summed E-state index contributed by atoms with van der Waals surface area (Å²) in [6.07, 6.45) is 5.14. The molecule has 0 bridgehead atoms. The summed E-state index contributed by atoms with van der Waals surface area (Å²) in [5, 5.41) is 5.72. The highest BCUT2D eigenvalue weighted by atomic mass is 35.5. The molecule has 4 rings (SSSR count). The molecule has 172 valence electrons. The molecule has 0 atom stereocenters. The van der Waals surface area contributed by atoms with Crippen LogP contribution in [0.15, 0.2) is 48.2 Å². The van der Waals surface area contributed by atoms with Gasteiger partial charge >= 0.3 is 6.03 Å². The van der Waals surface area contributed by atoms with Crippen LogP contribution in [0.2, 0.25) is 5.02 Å². The van der Waals surface area contributed by atoms with Crippen LogP contribution in [0.1, 0.15) is 24.8 Å². The van der Waals surface area contributed by atoms with Gasteiger partial charge in [0.15, 0.2) is 0 Å². The predicted molar refractivity (Wildman–Crippen MR) is 127 cm³/mol. The van der Waals surface area contributed by atoms with Crippen molar-refractivity contribution in [2.24, 2.45) is 0 Å². The summed E-state index contributed by atoms with van der Waals surface area (Å²) in [4.78, 5) is 40.7. The topological polar surface area (TPSA) is 91.0 Å². The van der Waals surface area contributed by atoms with Crippen molar-refractivity contribution >= 4 is 46.9 Å². The van der Waals surface area contributed by atoms with Crippen LogP contribution in [0.4, 0.5) is 16.2 Å². The monoisotopic (exact) mass is 468 g/mol. The Morgan fingerprint density at radius 1 is 1.12 bits per heavy atom. The molecule has 2 fully saturated rings. The van der Waals surface area contributed by atoms with Crippen LogP contribution < -0.4 is 20.3 Å². The molecule has 2 aliphatic heterocycles. The van der Waals surface area contributed by atoms with Gasteiger partial charge in [-0.25, -0.2) is 9.69 Å². The molecule has 33 heavy (non-hydrogen) atoms. The third-order valence-electron chi connectivity index (χ3n) is 5.63. The van der Waals surface area contributed by atoms with Crippen molar-refractivity contribution in [3.8, 4) is 5.75 Å². The van der Waals surface area contributed by atoms with Crippen LogP contribution >= 0.6 is 11.6 Å². The lowest BCUT2D eigenvalue weighted by Gasteiger charge is -2.29. The van der Waals surface area contributed by atoms with E-state index < -0.39 is 24.4 Å². The minimum Gasteiger partial charge on any atom is -0.496 e. The fourth-order valence-electron chi connectivity index (χ4n) is 3.92. The Labute approximate surface area is 197 Å². The number of methoxy groups -OCH3 is 1. The van der Waals surface area contributed by atoms with Gasteiger partial charge in [0.05, 0.1) is 7.11 Å². The number of nitrogens with one attached hydrogen (secondary N) is 2. The zero-order chi connectivity index (χ0) is 23.4. The summed E-state index contributed by atoms with van der Waals surface area (Å²) >= 11 is 5.84. The second-order valence-corrected chi connectivity index (χ2v) is 8.34. The van der Waals surface area contributed by atoms with Gasteiger partial charge in [0.2, 0.25) is 5.91 Å². The number of imide groups is 1. The Morgan fingerprint density at radius 3 is 2.55 bits per heavy atom. The first-order valence-electron chi connectivity index (χ1n) is 10.8. The van der Waals surface area contributed by atoms with Gasteiger partial charge in [0.1, 0.15) is 18.0 Å². The SMILES string of the molecule is COc1cc(N2CCCCC2)ccc1C=C1NC(=O)N(CC(=O)Nc2ccc(Cl)cc2)C1=O. The molecule has 0 saturated carbocycles. The van der Waals surface area contributed by atoms with Crippen molar-refractivity contribution in [2.45, 2.75) is 19.3 Å². The highest BCUT2D eigenvalue weighted by molar-refractivity contribution is 6.30. The highest BCUT2D eigenvalue weighted by Gasteiger charge is 2.35. The number of urea groups is 1. The van der Waals surface area contributed by atoms with Gasteiger partial charge < -0.3 is 20.3 Å². The average Bonchev–Trinajstić information content (AvgIpc) is 3.08. The first-order valence-corrected chi connectivity index (χ1v) is 11.2. The number of piperidine rings is 1. The van der Waals surface area contributed by atoms with E-state index in [2.05, 4.69) is 15.5 Å². The smallest absolute Gasteiger partial charge is 0.329 e. The second-order valence-electron chi connectivity index (χ2n) is 7.91. The van der Waals surface area contributed by atoms with Crippen LogP contribution in [0.3, 0.4) is 0 Å². The maximum absolute atomic E-state index is 12.8. The molecule has 0 radical (unpaired) electrons. The summed E-state index contributed by atoms with van der Waals surface area (Å²) in [5.74, 6) is -0.467. The number of hydrogen-bond acceptors (Lipinski definition) is 5. The summed E-state index contributed by atoms with van der Waals surface area (Å²) in [7, 11) is 1.57. The zero-order valence-electron chi connectivity index (χ0n) is 18.3. The van der Waals surface area contributed by atoms with E-state index in [9.17, 15) is 14.4 Å². The lowest BCUT2D eigenvalue weighted by molar-refractivity contribution is -0.127. The molecule has 8 nitrogen and oxygen atoms in total. The molecule has 2 aliphatic rings. The van der Waals surface area contributed by atoms with Gasteiger partial charge in [-0.05, 0) is 61.7 Å². The lowest BCUT2D eigenvalue weighted by Crippen LogP contribution is -2.38. The molecule has 2 saturated heterocycles. The van der Waals surface area contributed by atoms with Crippen molar-refractivity contribution in [1.29, 1.82) is 0 Å². The number of carbonyl (C=O) groups excluding carboxylic acids is 3. The Morgan fingerprint density at radius 2 is 1.85 bits per heavy atom. The number of rotatable bonds is 6. The number of ether oxygens (including phenoxy) is 1. The van der Waals surface area contributed by atoms with Gasteiger partial charge in [-0.3, -0.25) is 9.59 Å². The van der Waals surface area contributed by atoms with Gasteiger partial charge in [0.25, 0.3) is 5.91 Å². The third-order valence-corrected chi connectivity index (χ3v) is 5.88. The molecule has 2 aromatic carbocycles. The molecular weight excluding hydrogens is 444 g/mol. The van der Waals surface area contributed by atoms with Crippen molar-refractivity contribution < 1.29 is 19.1 Å². The molecule has 0 aliphatic carbocycles. The Bertz CT molecular complexity index is 1090. The zero-order valence-corrected chi connectivity index (χ0v) is 19.0. The molecule has 2 aromatic rings. The van der Waals surface area contributed by atoms with E-state index in [4.69, 9.17) is 16.3 Å². The van der Waals surface area contributed by atoms with Gasteiger partial charge in [-0.2, -0.15) is 0 Å². The summed E-state index contributed by atoms with van der Waals surface area (Å²) in [6, 6.07) is 11.7. The summed E-state index contributed by atoms with van der Waals surface area (Å²) < 4.78 is 5.53. The lowest BCUT2D eigenvalue weighted by atomic mass is 10.1. The van der Waals surface area contributed by atoms with Crippen LogP contribution in [0.25, 0.3) is 6.08 Å². The largest absolute Gasteiger partial charge is 0.496 e. The molecule has 4 amide bonds.